The first-order valence-corrected chi connectivity index (χ1v) is 12.5. The van der Waals surface area contributed by atoms with E-state index in [4.69, 9.17) is 9.47 Å². The van der Waals surface area contributed by atoms with Crippen LogP contribution in [0.15, 0.2) is 48.5 Å². The van der Waals surface area contributed by atoms with Gasteiger partial charge < -0.3 is 29.5 Å². The van der Waals surface area contributed by atoms with E-state index >= 15 is 0 Å². The first-order valence-electron chi connectivity index (χ1n) is 12.5. The molecule has 2 aromatic carbocycles. The number of anilines is 1. The standard InChI is InChI=1S/C28H38N4O5/c1-19-15-32(26(33)17-30(3)4)20(2)18-37-24-13-12-22(29-27(34)21-10-8-7-9-11-21)14-23(24)28(35)31(5)16-25(19)36-6/h7-14,19-20,25H,15-18H2,1-6H3,(H,29,34)/t19-,20+,25-/m1/s1. The molecule has 0 fully saturated rings. The lowest BCUT2D eigenvalue weighted by molar-refractivity contribution is -0.136. The molecule has 3 rings (SSSR count). The molecule has 0 radical (unpaired) electrons. The summed E-state index contributed by atoms with van der Waals surface area (Å²) in [4.78, 5) is 44.5. The lowest BCUT2D eigenvalue weighted by Crippen LogP contribution is -2.50. The minimum Gasteiger partial charge on any atom is -0.491 e. The Morgan fingerprint density at radius 3 is 2.46 bits per heavy atom. The topological polar surface area (TPSA) is 91.4 Å². The van der Waals surface area contributed by atoms with Crippen molar-refractivity contribution in [3.63, 3.8) is 0 Å². The van der Waals surface area contributed by atoms with Gasteiger partial charge in [0, 0.05) is 44.4 Å². The van der Waals surface area contributed by atoms with Crippen LogP contribution in [0, 0.1) is 5.92 Å². The zero-order chi connectivity index (χ0) is 27.1. The van der Waals surface area contributed by atoms with Crippen molar-refractivity contribution in [2.45, 2.75) is 26.0 Å². The zero-order valence-electron chi connectivity index (χ0n) is 22.6. The summed E-state index contributed by atoms with van der Waals surface area (Å²) in [7, 11) is 7.06. The summed E-state index contributed by atoms with van der Waals surface area (Å²) >= 11 is 0. The molecular weight excluding hydrogens is 472 g/mol. The van der Waals surface area contributed by atoms with Crippen molar-refractivity contribution in [3.8, 4) is 5.75 Å². The van der Waals surface area contributed by atoms with Gasteiger partial charge in [0.05, 0.1) is 24.3 Å². The van der Waals surface area contributed by atoms with Crippen LogP contribution in [0.5, 0.6) is 5.75 Å². The zero-order valence-corrected chi connectivity index (χ0v) is 22.6. The van der Waals surface area contributed by atoms with Crippen LogP contribution in [0.25, 0.3) is 0 Å². The number of hydrogen-bond donors (Lipinski definition) is 1. The van der Waals surface area contributed by atoms with E-state index in [1.807, 2.05) is 43.8 Å². The van der Waals surface area contributed by atoms with E-state index < -0.39 is 0 Å². The van der Waals surface area contributed by atoms with Gasteiger partial charge in [0.25, 0.3) is 11.8 Å². The van der Waals surface area contributed by atoms with Crippen molar-refractivity contribution < 1.29 is 23.9 Å². The van der Waals surface area contributed by atoms with E-state index in [2.05, 4.69) is 5.32 Å². The number of nitrogens with one attached hydrogen (secondary N) is 1. The molecule has 3 atom stereocenters. The van der Waals surface area contributed by atoms with Gasteiger partial charge in [0.2, 0.25) is 5.91 Å². The highest BCUT2D eigenvalue weighted by atomic mass is 16.5. The Labute approximate surface area is 219 Å². The van der Waals surface area contributed by atoms with Crippen molar-refractivity contribution in [1.82, 2.24) is 14.7 Å². The molecule has 0 bridgehead atoms. The molecule has 0 aromatic heterocycles. The molecule has 0 unspecified atom stereocenters. The van der Waals surface area contributed by atoms with Crippen LogP contribution in [-0.4, -0.2) is 99.1 Å². The van der Waals surface area contributed by atoms with Gasteiger partial charge >= 0.3 is 0 Å². The lowest BCUT2D eigenvalue weighted by Gasteiger charge is -2.36. The Morgan fingerprint density at radius 2 is 1.81 bits per heavy atom. The average Bonchev–Trinajstić information content (AvgIpc) is 2.88. The molecule has 1 aliphatic rings. The van der Waals surface area contributed by atoms with Gasteiger partial charge in [-0.25, -0.2) is 0 Å². The molecule has 0 saturated carbocycles. The summed E-state index contributed by atoms with van der Waals surface area (Å²) < 4.78 is 11.9. The molecule has 9 nitrogen and oxygen atoms in total. The Morgan fingerprint density at radius 1 is 1.11 bits per heavy atom. The Hall–Kier alpha value is -3.43. The number of likely N-dealkylation sites (N-methyl/N-ethyl adjacent to an activating group) is 2. The van der Waals surface area contributed by atoms with Crippen LogP contribution in [0.1, 0.15) is 34.6 Å². The van der Waals surface area contributed by atoms with E-state index in [-0.39, 0.29) is 48.9 Å². The molecular formula is C28H38N4O5. The highest BCUT2D eigenvalue weighted by Gasteiger charge is 2.30. The monoisotopic (exact) mass is 510 g/mol. The number of hydrogen-bond acceptors (Lipinski definition) is 6. The van der Waals surface area contributed by atoms with Crippen LogP contribution in [-0.2, 0) is 9.53 Å². The van der Waals surface area contributed by atoms with Gasteiger partial charge in [0.15, 0.2) is 0 Å². The maximum atomic E-state index is 13.5. The smallest absolute Gasteiger partial charge is 0.257 e. The highest BCUT2D eigenvalue weighted by Crippen LogP contribution is 2.27. The summed E-state index contributed by atoms with van der Waals surface area (Å²) in [5.41, 5.74) is 1.33. The predicted molar refractivity (Wildman–Crippen MR) is 143 cm³/mol. The summed E-state index contributed by atoms with van der Waals surface area (Å²) in [6.07, 6.45) is -0.277. The molecule has 0 aliphatic carbocycles. The molecule has 2 aromatic rings. The van der Waals surface area contributed by atoms with Crippen LogP contribution >= 0.6 is 0 Å². The number of amides is 3. The van der Waals surface area contributed by atoms with Crippen molar-refractivity contribution in [1.29, 1.82) is 0 Å². The number of nitrogens with zero attached hydrogens (tertiary/aromatic N) is 3. The third-order valence-electron chi connectivity index (χ3n) is 6.51. The molecule has 0 spiro atoms. The van der Waals surface area contributed by atoms with Gasteiger partial charge in [0.1, 0.15) is 12.4 Å². The van der Waals surface area contributed by atoms with E-state index in [0.717, 1.165) is 0 Å². The summed E-state index contributed by atoms with van der Waals surface area (Å²) in [6.45, 7) is 5.27. The second-order valence-electron chi connectivity index (χ2n) is 9.91. The third kappa shape index (κ3) is 7.30. The van der Waals surface area contributed by atoms with Gasteiger partial charge in [-0.1, -0.05) is 25.1 Å². The van der Waals surface area contributed by atoms with E-state index in [1.165, 1.54) is 0 Å². The van der Waals surface area contributed by atoms with Crippen molar-refractivity contribution in [2.75, 3.05) is 59.8 Å². The van der Waals surface area contributed by atoms with Crippen LogP contribution in [0.2, 0.25) is 0 Å². The number of methoxy groups -OCH3 is 1. The second-order valence-corrected chi connectivity index (χ2v) is 9.91. The molecule has 9 heteroatoms. The van der Waals surface area contributed by atoms with E-state index in [9.17, 15) is 14.4 Å². The molecule has 200 valence electrons. The van der Waals surface area contributed by atoms with Gasteiger partial charge in [-0.15, -0.1) is 0 Å². The summed E-state index contributed by atoms with van der Waals surface area (Å²) in [6, 6.07) is 13.7. The summed E-state index contributed by atoms with van der Waals surface area (Å²) in [5.74, 6) is -0.141. The molecule has 1 N–H and O–H groups in total. The predicted octanol–water partition coefficient (Wildman–Crippen LogP) is 2.83. The fourth-order valence-electron chi connectivity index (χ4n) is 4.36. The minimum atomic E-state index is -0.277. The number of rotatable bonds is 5. The Kier molecular flexibility index (Phi) is 9.66. The molecule has 1 heterocycles. The van der Waals surface area contributed by atoms with Gasteiger partial charge in [-0.3, -0.25) is 14.4 Å². The van der Waals surface area contributed by atoms with Crippen molar-refractivity contribution >= 4 is 23.4 Å². The summed E-state index contributed by atoms with van der Waals surface area (Å²) in [5, 5.41) is 2.86. The van der Waals surface area contributed by atoms with Crippen LogP contribution in [0.4, 0.5) is 5.69 Å². The van der Waals surface area contributed by atoms with E-state index in [1.54, 1.807) is 61.5 Å². The molecule has 0 saturated heterocycles. The average molecular weight is 511 g/mol. The van der Waals surface area contributed by atoms with Crippen LogP contribution < -0.4 is 10.1 Å². The Bertz CT molecular complexity index is 1090. The largest absolute Gasteiger partial charge is 0.491 e. The highest BCUT2D eigenvalue weighted by molar-refractivity contribution is 6.05. The quantitative estimate of drug-likeness (QED) is 0.665. The minimum absolute atomic E-state index is 0.00323. The van der Waals surface area contributed by atoms with Crippen LogP contribution in [0.3, 0.4) is 0 Å². The molecule has 1 aliphatic heterocycles. The Balaban J connectivity index is 1.93. The SMILES string of the molecule is CO[C@@H]1CN(C)C(=O)c2cc(NC(=O)c3ccccc3)ccc2OC[C@H](C)N(C(=O)CN(C)C)C[C@H]1C. The van der Waals surface area contributed by atoms with Gasteiger partial charge in [-0.05, 0) is 51.4 Å². The molecule has 37 heavy (non-hydrogen) atoms. The maximum absolute atomic E-state index is 13.5. The van der Waals surface area contributed by atoms with Crippen molar-refractivity contribution in [2.24, 2.45) is 5.92 Å². The number of ether oxygens (including phenoxy) is 2. The fourth-order valence-corrected chi connectivity index (χ4v) is 4.36. The number of carbonyl (C=O) groups excluding carboxylic acids is 3. The van der Waals surface area contributed by atoms with Gasteiger partial charge in [-0.2, -0.15) is 0 Å². The third-order valence-corrected chi connectivity index (χ3v) is 6.51. The van der Waals surface area contributed by atoms with E-state index in [0.29, 0.717) is 35.7 Å². The molecule has 3 amide bonds. The fraction of sp³-hybridized carbons (Fsp3) is 0.464. The first-order chi connectivity index (χ1) is 17.6. The van der Waals surface area contributed by atoms with Crippen molar-refractivity contribution in [3.05, 3.63) is 59.7 Å². The normalized spacial score (nSPS) is 20.9. The second kappa shape index (κ2) is 12.7. The first kappa shape index (κ1) is 28.1. The lowest BCUT2D eigenvalue weighted by atomic mass is 10.0. The number of benzene rings is 2. The number of carbonyl (C=O) groups is 3. The number of fused-ring (bicyclic) bond motifs is 1. The maximum Gasteiger partial charge on any atom is 0.257 e.